The van der Waals surface area contributed by atoms with E-state index < -0.39 is 0 Å². The first-order valence-electron chi connectivity index (χ1n) is 12.3. The highest BCUT2D eigenvalue weighted by Gasteiger charge is 2.32. The molecule has 8 heteroatoms. The van der Waals surface area contributed by atoms with Crippen molar-refractivity contribution in [3.05, 3.63) is 52.6 Å². The van der Waals surface area contributed by atoms with E-state index in [1.807, 2.05) is 29.4 Å². The van der Waals surface area contributed by atoms with Crippen molar-refractivity contribution in [1.29, 1.82) is 0 Å². The van der Waals surface area contributed by atoms with Crippen molar-refractivity contribution in [1.82, 2.24) is 19.3 Å². The summed E-state index contributed by atoms with van der Waals surface area (Å²) >= 11 is 0. The molecule has 2 aliphatic rings. The highest BCUT2D eigenvalue weighted by Crippen LogP contribution is 2.33. The van der Waals surface area contributed by atoms with Crippen molar-refractivity contribution in [2.75, 3.05) is 63.8 Å². The molecule has 2 aromatic rings. The van der Waals surface area contributed by atoms with Crippen LogP contribution in [-0.2, 0) is 11.3 Å². The first kappa shape index (κ1) is 24.3. The Morgan fingerprint density at radius 2 is 1.53 bits per heavy atom. The maximum absolute atomic E-state index is 14.6. The number of carbonyl (C=O) groups is 2. The lowest BCUT2D eigenvalue weighted by molar-refractivity contribution is -0.130. The van der Waals surface area contributed by atoms with Crippen molar-refractivity contribution < 1.29 is 14.0 Å². The van der Waals surface area contributed by atoms with E-state index in [9.17, 15) is 14.0 Å². The molecule has 0 saturated carbocycles. The molecule has 2 amide bonds. The molecule has 2 fully saturated rings. The van der Waals surface area contributed by atoms with Gasteiger partial charge >= 0.3 is 0 Å². The molecule has 7 nitrogen and oxygen atoms in total. The number of nitrogens with zero attached hydrogens (tertiary/aromatic N) is 5. The first-order valence-corrected chi connectivity index (χ1v) is 12.3. The smallest absolute Gasteiger partial charge is 0.270 e. The molecule has 2 aliphatic heterocycles. The van der Waals surface area contributed by atoms with E-state index in [1.165, 1.54) is 6.07 Å². The van der Waals surface area contributed by atoms with Crippen LogP contribution in [0.2, 0.25) is 0 Å². The lowest BCUT2D eigenvalue weighted by Crippen LogP contribution is -2.50. The molecule has 184 valence electrons. The summed E-state index contributed by atoms with van der Waals surface area (Å²) < 4.78 is 16.6. The maximum Gasteiger partial charge on any atom is 0.270 e. The second kappa shape index (κ2) is 10.2. The quantitative estimate of drug-likeness (QED) is 0.676. The highest BCUT2D eigenvalue weighted by atomic mass is 19.1. The SMILES string of the molecule is CCN1CCN(c2c(C)c(C(=O)N3CCN(C(C)=O)CC3)n(Cc3ccccc3F)c2C)CC1. The molecule has 0 atom stereocenters. The second-order valence-electron chi connectivity index (χ2n) is 9.30. The fraction of sp³-hybridized carbons (Fsp3) is 0.538. The van der Waals surface area contributed by atoms with Crippen LogP contribution in [0, 0.1) is 19.7 Å². The molecular formula is C26H36FN5O2. The number of anilines is 1. The van der Waals surface area contributed by atoms with Gasteiger partial charge in [0.05, 0.1) is 12.2 Å². The summed E-state index contributed by atoms with van der Waals surface area (Å²) in [7, 11) is 0. The van der Waals surface area contributed by atoms with Crippen molar-refractivity contribution in [2.24, 2.45) is 0 Å². The van der Waals surface area contributed by atoms with Crippen LogP contribution in [-0.4, -0.2) is 90.0 Å². The molecule has 0 unspecified atom stereocenters. The van der Waals surface area contributed by atoms with Gasteiger partial charge in [0.15, 0.2) is 0 Å². The lowest BCUT2D eigenvalue weighted by Gasteiger charge is -2.36. The number of piperazine rings is 2. The molecule has 3 heterocycles. The topological polar surface area (TPSA) is 52.0 Å². The Kier molecular flexibility index (Phi) is 7.26. The number of amides is 2. The van der Waals surface area contributed by atoms with Gasteiger partial charge in [0.25, 0.3) is 5.91 Å². The molecule has 34 heavy (non-hydrogen) atoms. The van der Waals surface area contributed by atoms with E-state index in [0.29, 0.717) is 44.0 Å². The normalized spacial score (nSPS) is 17.4. The van der Waals surface area contributed by atoms with Gasteiger partial charge in [-0.15, -0.1) is 0 Å². The molecule has 1 aromatic heterocycles. The van der Waals surface area contributed by atoms with Gasteiger partial charge in [-0.25, -0.2) is 4.39 Å². The molecule has 2 saturated heterocycles. The van der Waals surface area contributed by atoms with E-state index in [-0.39, 0.29) is 17.6 Å². The number of carbonyl (C=O) groups excluding carboxylic acids is 2. The summed E-state index contributed by atoms with van der Waals surface area (Å²) in [5.74, 6) is -0.269. The van der Waals surface area contributed by atoms with Crippen LogP contribution in [0.5, 0.6) is 0 Å². The zero-order valence-electron chi connectivity index (χ0n) is 20.8. The average molecular weight is 470 g/mol. The minimum absolute atomic E-state index is 0.0376. The van der Waals surface area contributed by atoms with Crippen LogP contribution in [0.25, 0.3) is 0 Å². The number of benzene rings is 1. The Morgan fingerprint density at radius 1 is 0.912 bits per heavy atom. The van der Waals surface area contributed by atoms with Gasteiger partial charge in [-0.3, -0.25) is 9.59 Å². The Labute approximate surface area is 201 Å². The average Bonchev–Trinajstić information content (AvgIpc) is 3.09. The minimum atomic E-state index is -0.264. The Hall–Kier alpha value is -2.87. The van der Waals surface area contributed by atoms with Crippen molar-refractivity contribution >= 4 is 17.5 Å². The number of hydrogen-bond acceptors (Lipinski definition) is 4. The van der Waals surface area contributed by atoms with Crippen LogP contribution in [0.4, 0.5) is 10.1 Å². The van der Waals surface area contributed by atoms with Crippen LogP contribution in [0.15, 0.2) is 24.3 Å². The lowest BCUT2D eigenvalue weighted by atomic mass is 10.1. The predicted molar refractivity (Wildman–Crippen MR) is 132 cm³/mol. The number of aromatic nitrogens is 1. The summed E-state index contributed by atoms with van der Waals surface area (Å²) in [6, 6.07) is 6.77. The fourth-order valence-corrected chi connectivity index (χ4v) is 5.28. The van der Waals surface area contributed by atoms with Crippen molar-refractivity contribution in [3.8, 4) is 0 Å². The fourth-order valence-electron chi connectivity index (χ4n) is 5.28. The van der Waals surface area contributed by atoms with Crippen molar-refractivity contribution in [2.45, 2.75) is 34.2 Å². The Bertz CT molecular complexity index is 1050. The first-order chi connectivity index (χ1) is 16.3. The van der Waals surface area contributed by atoms with Crippen LogP contribution in [0.3, 0.4) is 0 Å². The van der Waals surface area contributed by atoms with Crippen molar-refractivity contribution in [3.63, 3.8) is 0 Å². The Balaban J connectivity index is 1.69. The number of rotatable bonds is 5. The van der Waals surface area contributed by atoms with E-state index >= 15 is 0 Å². The predicted octanol–water partition coefficient (Wildman–Crippen LogP) is 2.74. The third-order valence-electron chi connectivity index (χ3n) is 7.36. The Morgan fingerprint density at radius 3 is 2.12 bits per heavy atom. The van der Waals surface area contributed by atoms with Crippen LogP contribution in [0.1, 0.15) is 41.2 Å². The molecule has 0 spiro atoms. The number of likely N-dealkylation sites (N-methyl/N-ethyl adjacent to an activating group) is 1. The summed E-state index contributed by atoms with van der Waals surface area (Å²) in [6.45, 7) is 15.0. The van der Waals surface area contributed by atoms with E-state index in [4.69, 9.17) is 0 Å². The number of hydrogen-bond donors (Lipinski definition) is 0. The van der Waals surface area contributed by atoms with Gasteiger partial charge in [0.1, 0.15) is 11.5 Å². The van der Waals surface area contributed by atoms with E-state index in [1.54, 1.807) is 24.0 Å². The molecule has 0 radical (unpaired) electrons. The van der Waals surface area contributed by atoms with Gasteiger partial charge in [0, 0.05) is 76.1 Å². The largest absolute Gasteiger partial charge is 0.367 e. The van der Waals surface area contributed by atoms with Crippen LogP contribution >= 0.6 is 0 Å². The standard InChI is InChI=1S/C26H36FN5O2/c1-5-28-10-12-30(13-11-28)24-19(2)25(26(34)31-16-14-29(15-17-31)21(4)33)32(20(24)3)18-22-8-6-7-9-23(22)27/h6-9H,5,10-18H2,1-4H3. The third kappa shape index (κ3) is 4.69. The second-order valence-corrected chi connectivity index (χ2v) is 9.30. The minimum Gasteiger partial charge on any atom is -0.367 e. The molecule has 0 bridgehead atoms. The summed E-state index contributed by atoms with van der Waals surface area (Å²) in [6.07, 6.45) is 0. The molecule has 0 aliphatic carbocycles. The zero-order chi connectivity index (χ0) is 24.4. The maximum atomic E-state index is 14.6. The van der Waals surface area contributed by atoms with Gasteiger partial charge in [0.2, 0.25) is 5.91 Å². The molecular weight excluding hydrogens is 433 g/mol. The zero-order valence-corrected chi connectivity index (χ0v) is 20.8. The molecule has 1 aromatic carbocycles. The summed E-state index contributed by atoms with van der Waals surface area (Å²) in [5.41, 5.74) is 4.25. The molecule has 4 rings (SSSR count). The highest BCUT2D eigenvalue weighted by molar-refractivity contribution is 5.97. The third-order valence-corrected chi connectivity index (χ3v) is 7.36. The van der Waals surface area contributed by atoms with Gasteiger partial charge in [-0.2, -0.15) is 0 Å². The summed E-state index contributed by atoms with van der Waals surface area (Å²) in [5, 5.41) is 0. The molecule has 0 N–H and O–H groups in total. The monoisotopic (exact) mass is 469 g/mol. The van der Waals surface area contributed by atoms with Gasteiger partial charge in [-0.1, -0.05) is 25.1 Å². The summed E-state index contributed by atoms with van der Waals surface area (Å²) in [4.78, 5) is 34.0. The van der Waals surface area contributed by atoms with Gasteiger partial charge in [-0.05, 0) is 26.5 Å². The van der Waals surface area contributed by atoms with E-state index in [0.717, 1.165) is 49.7 Å². The number of halogens is 1. The van der Waals surface area contributed by atoms with Gasteiger partial charge < -0.3 is 24.2 Å². The van der Waals surface area contributed by atoms with E-state index in [2.05, 4.69) is 16.7 Å². The van der Waals surface area contributed by atoms with Crippen LogP contribution < -0.4 is 4.90 Å².